The van der Waals surface area contributed by atoms with E-state index in [-0.39, 0.29) is 11.9 Å². The average molecular weight is 289 g/mol. The molecule has 0 radical (unpaired) electrons. The molecule has 4 nitrogen and oxygen atoms in total. The van der Waals surface area contributed by atoms with Crippen molar-refractivity contribution >= 4 is 34.9 Å². The van der Waals surface area contributed by atoms with Gasteiger partial charge in [0, 0.05) is 38.4 Å². The third-order valence-corrected chi connectivity index (χ3v) is 4.23. The molecule has 104 valence electrons. The van der Waals surface area contributed by atoms with Crippen LogP contribution in [-0.4, -0.2) is 64.9 Å². The van der Waals surface area contributed by atoms with Gasteiger partial charge in [-0.15, -0.1) is 0 Å². The van der Waals surface area contributed by atoms with Gasteiger partial charge in [0.2, 0.25) is 5.91 Å². The Labute approximate surface area is 119 Å². The van der Waals surface area contributed by atoms with Crippen LogP contribution in [0.4, 0.5) is 0 Å². The Hall–Kier alpha value is -0.330. The largest absolute Gasteiger partial charge is 0.392 e. The standard InChI is InChI=1S/C12H23N3OS2/c1-3-10(12(13)17)14-5-7-15(8-6-14)11(16)4-9-18-2/h10H,3-9H2,1-2H3,(H2,13,17). The third-order valence-electron chi connectivity index (χ3n) is 3.34. The molecule has 1 saturated heterocycles. The molecule has 6 heteroatoms. The van der Waals surface area contributed by atoms with E-state index in [1.807, 2.05) is 11.2 Å². The van der Waals surface area contributed by atoms with Gasteiger partial charge >= 0.3 is 0 Å². The number of hydrogen-bond acceptors (Lipinski definition) is 4. The van der Waals surface area contributed by atoms with Gasteiger partial charge in [0.1, 0.15) is 0 Å². The number of amides is 1. The van der Waals surface area contributed by atoms with Crippen LogP contribution in [0.25, 0.3) is 0 Å². The first kappa shape index (κ1) is 15.7. The second-order valence-corrected chi connectivity index (χ2v) is 5.94. The van der Waals surface area contributed by atoms with Crippen molar-refractivity contribution in [3.63, 3.8) is 0 Å². The van der Waals surface area contributed by atoms with Crippen molar-refractivity contribution in [3.05, 3.63) is 0 Å². The topological polar surface area (TPSA) is 49.6 Å². The van der Waals surface area contributed by atoms with Crippen molar-refractivity contribution < 1.29 is 4.79 Å². The second kappa shape index (κ2) is 7.96. The SMILES string of the molecule is CCC(C(N)=S)N1CCN(C(=O)CCSC)CC1. The zero-order chi connectivity index (χ0) is 13.5. The fraction of sp³-hybridized carbons (Fsp3) is 0.833. The number of thioether (sulfide) groups is 1. The zero-order valence-electron chi connectivity index (χ0n) is 11.2. The van der Waals surface area contributed by atoms with E-state index in [1.165, 1.54) is 0 Å². The van der Waals surface area contributed by atoms with Gasteiger partial charge in [-0.3, -0.25) is 9.69 Å². The van der Waals surface area contributed by atoms with E-state index in [0.717, 1.165) is 38.4 Å². The van der Waals surface area contributed by atoms with Crippen molar-refractivity contribution in [1.82, 2.24) is 9.80 Å². The van der Waals surface area contributed by atoms with E-state index in [9.17, 15) is 4.79 Å². The molecule has 1 atom stereocenters. The summed E-state index contributed by atoms with van der Waals surface area (Å²) in [4.78, 5) is 16.7. The predicted molar refractivity (Wildman–Crippen MR) is 82.0 cm³/mol. The van der Waals surface area contributed by atoms with Crippen LogP contribution in [0.15, 0.2) is 0 Å². The van der Waals surface area contributed by atoms with Crippen LogP contribution in [0.2, 0.25) is 0 Å². The maximum atomic E-state index is 11.9. The van der Waals surface area contributed by atoms with Crippen LogP contribution in [0.3, 0.4) is 0 Å². The van der Waals surface area contributed by atoms with Gasteiger partial charge in [0.25, 0.3) is 0 Å². The first-order valence-corrected chi connectivity index (χ1v) is 8.20. The van der Waals surface area contributed by atoms with E-state index in [1.54, 1.807) is 11.8 Å². The molecular weight excluding hydrogens is 266 g/mol. The van der Waals surface area contributed by atoms with Gasteiger partial charge in [0.15, 0.2) is 0 Å². The molecule has 1 rings (SSSR count). The number of piperazine rings is 1. The summed E-state index contributed by atoms with van der Waals surface area (Å²) in [6.45, 7) is 5.44. The maximum Gasteiger partial charge on any atom is 0.223 e. The number of nitrogens with two attached hydrogens (primary N) is 1. The number of carbonyl (C=O) groups excluding carboxylic acids is 1. The summed E-state index contributed by atoms with van der Waals surface area (Å²) in [7, 11) is 0. The molecule has 1 amide bonds. The van der Waals surface area contributed by atoms with Crippen molar-refractivity contribution in [3.8, 4) is 0 Å². The molecule has 0 aromatic rings. The van der Waals surface area contributed by atoms with Gasteiger partial charge in [-0.1, -0.05) is 19.1 Å². The lowest BCUT2D eigenvalue weighted by atomic mass is 10.1. The van der Waals surface area contributed by atoms with Crippen molar-refractivity contribution in [2.45, 2.75) is 25.8 Å². The quantitative estimate of drug-likeness (QED) is 0.738. The van der Waals surface area contributed by atoms with Crippen molar-refractivity contribution in [2.24, 2.45) is 5.73 Å². The molecule has 1 unspecified atom stereocenters. The van der Waals surface area contributed by atoms with Crippen LogP contribution in [-0.2, 0) is 4.79 Å². The average Bonchev–Trinajstić information content (AvgIpc) is 2.37. The van der Waals surface area contributed by atoms with Gasteiger partial charge < -0.3 is 10.6 Å². The Bertz CT molecular complexity index is 291. The molecule has 1 aliphatic rings. The Morgan fingerprint density at radius 2 is 2.00 bits per heavy atom. The van der Waals surface area contributed by atoms with Crippen molar-refractivity contribution in [2.75, 3.05) is 38.2 Å². The molecule has 0 saturated carbocycles. The summed E-state index contributed by atoms with van der Waals surface area (Å²) in [5, 5.41) is 0. The highest BCUT2D eigenvalue weighted by atomic mass is 32.2. The minimum absolute atomic E-state index is 0.184. The smallest absolute Gasteiger partial charge is 0.223 e. The second-order valence-electron chi connectivity index (χ2n) is 4.49. The number of thiocarbonyl (C=S) groups is 1. The molecule has 0 bridgehead atoms. The minimum Gasteiger partial charge on any atom is -0.392 e. The Balaban J connectivity index is 2.40. The molecule has 1 aliphatic heterocycles. The lowest BCUT2D eigenvalue weighted by molar-refractivity contribution is -0.132. The first-order chi connectivity index (χ1) is 8.60. The van der Waals surface area contributed by atoms with Gasteiger partial charge in [-0.25, -0.2) is 0 Å². The van der Waals surface area contributed by atoms with E-state index in [2.05, 4.69) is 11.8 Å². The van der Waals surface area contributed by atoms with Gasteiger partial charge in [-0.2, -0.15) is 11.8 Å². The van der Waals surface area contributed by atoms with Crippen LogP contribution in [0.1, 0.15) is 19.8 Å². The van der Waals surface area contributed by atoms with Crippen LogP contribution >= 0.6 is 24.0 Å². The zero-order valence-corrected chi connectivity index (χ0v) is 12.9. The summed E-state index contributed by atoms with van der Waals surface area (Å²) < 4.78 is 0. The Morgan fingerprint density at radius 3 is 2.44 bits per heavy atom. The molecule has 0 aromatic heterocycles. The maximum absolute atomic E-state index is 11.9. The van der Waals surface area contributed by atoms with Crippen LogP contribution < -0.4 is 5.73 Å². The molecular formula is C12H23N3OS2. The number of carbonyl (C=O) groups is 1. The molecule has 1 heterocycles. The fourth-order valence-corrected chi connectivity index (χ4v) is 2.96. The first-order valence-electron chi connectivity index (χ1n) is 6.40. The number of hydrogen-bond donors (Lipinski definition) is 1. The molecule has 18 heavy (non-hydrogen) atoms. The fourth-order valence-electron chi connectivity index (χ4n) is 2.27. The summed E-state index contributed by atoms with van der Waals surface area (Å²) in [6.07, 6.45) is 3.61. The van der Waals surface area contributed by atoms with Crippen LogP contribution in [0.5, 0.6) is 0 Å². The van der Waals surface area contributed by atoms with Gasteiger partial charge in [-0.05, 0) is 12.7 Å². The summed E-state index contributed by atoms with van der Waals surface area (Å²) >= 11 is 6.80. The van der Waals surface area contributed by atoms with E-state index in [0.29, 0.717) is 11.4 Å². The summed E-state index contributed by atoms with van der Waals surface area (Å²) in [5.74, 6) is 1.18. The molecule has 0 aromatic carbocycles. The van der Waals surface area contributed by atoms with E-state index in [4.69, 9.17) is 18.0 Å². The monoisotopic (exact) mass is 289 g/mol. The van der Waals surface area contributed by atoms with Gasteiger partial charge in [0.05, 0.1) is 11.0 Å². The Kier molecular flexibility index (Phi) is 6.96. The highest BCUT2D eigenvalue weighted by molar-refractivity contribution is 7.98. The Morgan fingerprint density at radius 1 is 1.39 bits per heavy atom. The lowest BCUT2D eigenvalue weighted by Gasteiger charge is -2.38. The molecule has 0 aliphatic carbocycles. The number of rotatable bonds is 6. The van der Waals surface area contributed by atoms with Crippen LogP contribution in [0, 0.1) is 0 Å². The molecule has 2 N–H and O–H groups in total. The van der Waals surface area contributed by atoms with Crippen molar-refractivity contribution in [1.29, 1.82) is 0 Å². The molecule has 1 fully saturated rings. The van der Waals surface area contributed by atoms with E-state index < -0.39 is 0 Å². The summed E-state index contributed by atoms with van der Waals surface area (Å²) in [5.41, 5.74) is 5.74. The number of nitrogens with zero attached hydrogens (tertiary/aromatic N) is 2. The van der Waals surface area contributed by atoms with E-state index >= 15 is 0 Å². The lowest BCUT2D eigenvalue weighted by Crippen LogP contribution is -2.54. The minimum atomic E-state index is 0.184. The predicted octanol–water partition coefficient (Wildman–Crippen LogP) is 0.948. The normalized spacial score (nSPS) is 18.7. The molecule has 0 spiro atoms. The third kappa shape index (κ3) is 4.40. The highest BCUT2D eigenvalue weighted by Crippen LogP contribution is 2.11. The highest BCUT2D eigenvalue weighted by Gasteiger charge is 2.26. The summed E-state index contributed by atoms with van der Waals surface area (Å²) in [6, 6.07) is 0.184.